The van der Waals surface area contributed by atoms with Crippen LogP contribution in [-0.4, -0.2) is 61.0 Å². The molecule has 1 heterocycles. The number of methoxy groups -OCH3 is 3. The van der Waals surface area contributed by atoms with Gasteiger partial charge in [-0.15, -0.1) is 0 Å². The van der Waals surface area contributed by atoms with E-state index in [0.717, 1.165) is 4.68 Å². The zero-order chi connectivity index (χ0) is 25.2. The molecule has 0 spiro atoms. The highest BCUT2D eigenvalue weighted by molar-refractivity contribution is 5.94. The Morgan fingerprint density at radius 1 is 0.914 bits per heavy atom. The van der Waals surface area contributed by atoms with Crippen molar-refractivity contribution in [3.63, 3.8) is 0 Å². The van der Waals surface area contributed by atoms with Gasteiger partial charge in [-0.3, -0.25) is 14.4 Å². The van der Waals surface area contributed by atoms with Crippen LogP contribution in [0.2, 0.25) is 0 Å². The predicted octanol–water partition coefficient (Wildman–Crippen LogP) is 2.15. The maximum absolute atomic E-state index is 13.3. The van der Waals surface area contributed by atoms with Crippen LogP contribution >= 0.6 is 0 Å². The lowest BCUT2D eigenvalue weighted by atomic mass is 10.1. The summed E-state index contributed by atoms with van der Waals surface area (Å²) in [6.07, 6.45) is 0. The number of rotatable bonds is 11. The predicted molar refractivity (Wildman–Crippen MR) is 127 cm³/mol. The number of amides is 1. The Labute approximate surface area is 202 Å². The molecule has 0 N–H and O–H groups in total. The lowest BCUT2D eigenvalue weighted by molar-refractivity contribution is -0.141. The number of hydrogen-bond donors (Lipinski definition) is 0. The van der Waals surface area contributed by atoms with Crippen molar-refractivity contribution in [3.05, 3.63) is 82.3 Å². The molecule has 0 aliphatic rings. The highest BCUT2D eigenvalue weighted by Gasteiger charge is 2.22. The molecule has 1 aromatic heterocycles. The molecule has 1 amide bonds. The lowest BCUT2D eigenvalue weighted by Gasteiger charge is -2.22. The summed E-state index contributed by atoms with van der Waals surface area (Å²) in [5, 5.41) is 4.20. The zero-order valence-electron chi connectivity index (χ0n) is 19.8. The van der Waals surface area contributed by atoms with Gasteiger partial charge in [0.1, 0.15) is 36.1 Å². The molecule has 0 atom stereocenters. The zero-order valence-corrected chi connectivity index (χ0v) is 19.8. The Hall–Kier alpha value is -4.34. The van der Waals surface area contributed by atoms with Crippen molar-refractivity contribution in [1.29, 1.82) is 0 Å². The van der Waals surface area contributed by atoms with E-state index in [0.29, 0.717) is 22.8 Å². The van der Waals surface area contributed by atoms with Crippen LogP contribution in [-0.2, 0) is 22.6 Å². The van der Waals surface area contributed by atoms with Crippen LogP contribution in [0.1, 0.15) is 16.1 Å². The normalized spacial score (nSPS) is 10.4. The summed E-state index contributed by atoms with van der Waals surface area (Å²) < 4.78 is 22.1. The van der Waals surface area contributed by atoms with E-state index in [-0.39, 0.29) is 37.5 Å². The van der Waals surface area contributed by atoms with Gasteiger partial charge in [-0.2, -0.15) is 5.10 Å². The Balaban J connectivity index is 1.81. The maximum Gasteiger partial charge on any atom is 0.325 e. The second-order valence-electron chi connectivity index (χ2n) is 7.40. The minimum absolute atomic E-state index is 0.00285. The minimum atomic E-state index is -0.599. The number of esters is 1. The number of para-hydroxylation sites is 1. The van der Waals surface area contributed by atoms with E-state index in [4.69, 9.17) is 18.9 Å². The van der Waals surface area contributed by atoms with Crippen LogP contribution in [0, 0.1) is 0 Å². The molecule has 0 fully saturated rings. The lowest BCUT2D eigenvalue weighted by Crippen LogP contribution is -2.37. The highest BCUT2D eigenvalue weighted by atomic mass is 16.5. The molecular weight excluding hydrogens is 454 g/mol. The summed E-state index contributed by atoms with van der Waals surface area (Å²) in [4.78, 5) is 38.9. The molecule has 3 aromatic rings. The second kappa shape index (κ2) is 12.2. The number of carbonyl (C=O) groups excluding carboxylic acids is 2. The van der Waals surface area contributed by atoms with E-state index in [1.807, 2.05) is 18.2 Å². The number of ether oxygens (including phenoxy) is 4. The molecule has 0 bridgehead atoms. The van der Waals surface area contributed by atoms with E-state index in [1.165, 1.54) is 38.4 Å². The molecule has 0 saturated carbocycles. The van der Waals surface area contributed by atoms with Crippen LogP contribution < -0.4 is 19.8 Å². The van der Waals surface area contributed by atoms with Gasteiger partial charge in [0.05, 0.1) is 27.9 Å². The van der Waals surface area contributed by atoms with E-state index < -0.39 is 11.9 Å². The average Bonchev–Trinajstić information content (AvgIpc) is 2.89. The first-order valence-corrected chi connectivity index (χ1v) is 10.8. The number of aromatic nitrogens is 2. The molecule has 0 aliphatic carbocycles. The molecule has 2 aromatic carbocycles. The molecule has 184 valence electrons. The van der Waals surface area contributed by atoms with E-state index in [1.54, 1.807) is 30.3 Å². The smallest absolute Gasteiger partial charge is 0.325 e. The van der Waals surface area contributed by atoms with Gasteiger partial charge in [0.2, 0.25) is 0 Å². The van der Waals surface area contributed by atoms with Gasteiger partial charge in [-0.25, -0.2) is 4.68 Å². The fraction of sp³-hybridized carbons (Fsp3) is 0.280. The van der Waals surface area contributed by atoms with Crippen LogP contribution in [0.4, 0.5) is 0 Å². The van der Waals surface area contributed by atoms with Gasteiger partial charge in [0.25, 0.3) is 11.5 Å². The summed E-state index contributed by atoms with van der Waals surface area (Å²) >= 11 is 0. The third-order valence-corrected chi connectivity index (χ3v) is 5.02. The van der Waals surface area contributed by atoms with Gasteiger partial charge in [-0.05, 0) is 35.9 Å². The van der Waals surface area contributed by atoms with Crippen molar-refractivity contribution in [2.75, 3.05) is 34.5 Å². The fourth-order valence-corrected chi connectivity index (χ4v) is 3.25. The maximum atomic E-state index is 13.3. The first-order chi connectivity index (χ1) is 16.9. The van der Waals surface area contributed by atoms with Crippen molar-refractivity contribution < 1.29 is 28.5 Å². The molecule has 3 rings (SSSR count). The van der Waals surface area contributed by atoms with Gasteiger partial charge in [-0.1, -0.05) is 18.2 Å². The minimum Gasteiger partial charge on any atom is -0.497 e. The summed E-state index contributed by atoms with van der Waals surface area (Å²) in [5.74, 6) is 0.586. The first kappa shape index (κ1) is 25.3. The molecule has 0 unspecified atom stereocenters. The number of carbonyl (C=O) groups is 2. The fourth-order valence-electron chi connectivity index (χ4n) is 3.25. The van der Waals surface area contributed by atoms with Crippen molar-refractivity contribution in [2.24, 2.45) is 0 Å². The summed E-state index contributed by atoms with van der Waals surface area (Å²) in [6.45, 7) is 0.0647. The first-order valence-electron chi connectivity index (χ1n) is 10.8. The van der Waals surface area contributed by atoms with Crippen molar-refractivity contribution in [1.82, 2.24) is 14.7 Å². The summed E-state index contributed by atoms with van der Waals surface area (Å²) in [6, 6.07) is 16.9. The SMILES string of the molecule is COC(=O)CN(Cc1cc(OC)cc(OC)c1)C(=O)c1ccc(=O)n(CCOc2ccccc2)n1. The Morgan fingerprint density at radius 3 is 2.23 bits per heavy atom. The van der Waals surface area contributed by atoms with Gasteiger partial charge in [0.15, 0.2) is 0 Å². The molecule has 35 heavy (non-hydrogen) atoms. The van der Waals surface area contributed by atoms with Crippen LogP contribution in [0.5, 0.6) is 17.2 Å². The monoisotopic (exact) mass is 481 g/mol. The van der Waals surface area contributed by atoms with Gasteiger partial charge < -0.3 is 23.8 Å². The van der Waals surface area contributed by atoms with Crippen molar-refractivity contribution in [3.8, 4) is 17.2 Å². The van der Waals surface area contributed by atoms with Crippen LogP contribution in [0.25, 0.3) is 0 Å². The van der Waals surface area contributed by atoms with E-state index in [2.05, 4.69) is 5.10 Å². The third-order valence-electron chi connectivity index (χ3n) is 5.02. The molecule has 0 radical (unpaired) electrons. The number of nitrogens with zero attached hydrogens (tertiary/aromatic N) is 3. The number of benzene rings is 2. The van der Waals surface area contributed by atoms with Crippen LogP contribution in [0.15, 0.2) is 65.5 Å². The quantitative estimate of drug-likeness (QED) is 0.383. The topological polar surface area (TPSA) is 109 Å². The molecule has 0 aliphatic heterocycles. The third kappa shape index (κ3) is 7.07. The second-order valence-corrected chi connectivity index (χ2v) is 7.40. The number of hydrogen-bond acceptors (Lipinski definition) is 8. The molecule has 10 nitrogen and oxygen atoms in total. The molecular formula is C25H27N3O7. The van der Waals surface area contributed by atoms with Crippen molar-refractivity contribution >= 4 is 11.9 Å². The molecule has 10 heteroatoms. The van der Waals surface area contributed by atoms with Gasteiger partial charge >= 0.3 is 5.97 Å². The van der Waals surface area contributed by atoms with E-state index in [9.17, 15) is 14.4 Å². The average molecular weight is 482 g/mol. The Morgan fingerprint density at radius 2 is 1.60 bits per heavy atom. The summed E-state index contributed by atoms with van der Waals surface area (Å²) in [7, 11) is 4.28. The summed E-state index contributed by atoms with van der Waals surface area (Å²) in [5.41, 5.74) is 0.293. The van der Waals surface area contributed by atoms with E-state index >= 15 is 0 Å². The largest absolute Gasteiger partial charge is 0.497 e. The highest BCUT2D eigenvalue weighted by Crippen LogP contribution is 2.24. The molecule has 0 saturated heterocycles. The Kier molecular flexibility index (Phi) is 8.82. The van der Waals surface area contributed by atoms with Crippen molar-refractivity contribution in [2.45, 2.75) is 13.1 Å². The van der Waals surface area contributed by atoms with Gasteiger partial charge in [0, 0.05) is 18.7 Å². The Bertz CT molecular complexity index is 1190. The standard InChI is InChI=1S/C25H27N3O7/c1-32-20-13-18(14-21(15-20)33-2)16-27(17-24(30)34-3)25(31)22-9-10-23(29)28(26-22)11-12-35-19-7-5-4-6-8-19/h4-10,13-15H,11-12,16-17H2,1-3H3. The van der Waals surface area contributed by atoms with Crippen LogP contribution in [0.3, 0.4) is 0 Å².